The molecule has 19 heavy (non-hydrogen) atoms. The molecule has 0 aliphatic carbocycles. The lowest BCUT2D eigenvalue weighted by Crippen LogP contribution is -2.40. The van der Waals surface area contributed by atoms with Gasteiger partial charge in [0.15, 0.2) is 9.84 Å². The third kappa shape index (κ3) is 3.61. The molecule has 4 nitrogen and oxygen atoms in total. The topological polar surface area (TPSA) is 66.4 Å². The smallest absolute Gasteiger partial charge is 0.154 e. The van der Waals surface area contributed by atoms with E-state index < -0.39 is 22.0 Å². The third-order valence-electron chi connectivity index (χ3n) is 3.22. The number of nitrogens with one attached hydrogen (secondary N) is 1. The van der Waals surface area contributed by atoms with Gasteiger partial charge in [0.25, 0.3) is 0 Å². The maximum absolute atomic E-state index is 11.4. The van der Waals surface area contributed by atoms with E-state index in [4.69, 9.17) is 23.2 Å². The minimum Gasteiger partial charge on any atom is -0.390 e. The van der Waals surface area contributed by atoms with Crippen molar-refractivity contribution < 1.29 is 13.5 Å². The van der Waals surface area contributed by atoms with E-state index in [9.17, 15) is 13.5 Å². The Kier molecular flexibility index (Phi) is 4.42. The van der Waals surface area contributed by atoms with Crippen molar-refractivity contribution in [3.63, 3.8) is 0 Å². The first kappa shape index (κ1) is 15.1. The van der Waals surface area contributed by atoms with E-state index in [1.165, 1.54) is 0 Å². The lowest BCUT2D eigenvalue weighted by molar-refractivity contribution is 0.160. The number of hydrogen-bond donors (Lipinski definition) is 2. The molecule has 0 amide bonds. The van der Waals surface area contributed by atoms with Gasteiger partial charge in [-0.1, -0.05) is 29.3 Å². The molecule has 1 aliphatic rings. The molecule has 0 aromatic heterocycles. The number of hydrogen-bond acceptors (Lipinski definition) is 4. The molecule has 1 saturated heterocycles. The quantitative estimate of drug-likeness (QED) is 0.890. The van der Waals surface area contributed by atoms with Crippen LogP contribution in [0.3, 0.4) is 0 Å². The zero-order valence-corrected chi connectivity index (χ0v) is 12.6. The summed E-state index contributed by atoms with van der Waals surface area (Å²) in [6, 6.07) is 4.52. The summed E-state index contributed by atoms with van der Waals surface area (Å²) < 4.78 is 22.9. The molecule has 1 aromatic rings. The molecule has 106 valence electrons. The van der Waals surface area contributed by atoms with Crippen LogP contribution in [-0.2, 0) is 9.84 Å². The fourth-order valence-electron chi connectivity index (χ4n) is 2.25. The van der Waals surface area contributed by atoms with Crippen molar-refractivity contribution in [1.82, 2.24) is 5.32 Å². The van der Waals surface area contributed by atoms with Crippen LogP contribution in [0.25, 0.3) is 0 Å². The Morgan fingerprint density at radius 1 is 1.37 bits per heavy atom. The summed E-state index contributed by atoms with van der Waals surface area (Å²) in [7, 11) is -3.16. The SMILES string of the molecule is CC(NC1CS(=O)(=O)CC1O)c1ccc(Cl)cc1Cl. The third-order valence-corrected chi connectivity index (χ3v) is 5.49. The molecule has 1 fully saturated rings. The fourth-order valence-corrected chi connectivity index (χ4v) is 4.58. The highest BCUT2D eigenvalue weighted by Gasteiger charge is 2.37. The highest BCUT2D eigenvalue weighted by Crippen LogP contribution is 2.27. The van der Waals surface area contributed by atoms with Crippen LogP contribution >= 0.6 is 23.2 Å². The average molecular weight is 324 g/mol. The Hall–Kier alpha value is -0.330. The van der Waals surface area contributed by atoms with Gasteiger partial charge in [0.05, 0.1) is 17.6 Å². The fraction of sp³-hybridized carbons (Fsp3) is 0.500. The van der Waals surface area contributed by atoms with Crippen molar-refractivity contribution in [3.05, 3.63) is 33.8 Å². The van der Waals surface area contributed by atoms with Crippen molar-refractivity contribution in [2.75, 3.05) is 11.5 Å². The second-order valence-electron chi connectivity index (χ2n) is 4.80. The first-order chi connectivity index (χ1) is 8.78. The zero-order valence-electron chi connectivity index (χ0n) is 10.3. The van der Waals surface area contributed by atoms with Gasteiger partial charge in [-0.15, -0.1) is 0 Å². The molecule has 2 N–H and O–H groups in total. The summed E-state index contributed by atoms with van der Waals surface area (Å²) in [6.45, 7) is 1.87. The Morgan fingerprint density at radius 2 is 2.05 bits per heavy atom. The molecule has 0 radical (unpaired) electrons. The maximum atomic E-state index is 11.4. The van der Waals surface area contributed by atoms with Gasteiger partial charge in [0, 0.05) is 22.1 Å². The molecule has 0 spiro atoms. The molecule has 7 heteroatoms. The van der Waals surface area contributed by atoms with E-state index in [1.54, 1.807) is 18.2 Å². The number of rotatable bonds is 3. The van der Waals surface area contributed by atoms with Crippen LogP contribution in [0, 0.1) is 0 Å². The van der Waals surface area contributed by atoms with Gasteiger partial charge in [0.1, 0.15) is 0 Å². The highest BCUT2D eigenvalue weighted by atomic mass is 35.5. The molecule has 1 aliphatic heterocycles. The minimum atomic E-state index is -3.16. The molecular weight excluding hydrogens is 309 g/mol. The van der Waals surface area contributed by atoms with E-state index in [0.29, 0.717) is 10.0 Å². The molecule has 2 rings (SSSR count). The van der Waals surface area contributed by atoms with Crippen molar-refractivity contribution in [2.24, 2.45) is 0 Å². The molecule has 0 bridgehead atoms. The van der Waals surface area contributed by atoms with Gasteiger partial charge in [-0.25, -0.2) is 8.42 Å². The lowest BCUT2D eigenvalue weighted by atomic mass is 10.1. The first-order valence-electron chi connectivity index (χ1n) is 5.88. The standard InChI is InChI=1S/C12H15Cl2NO3S/c1-7(9-3-2-8(13)4-10(9)14)15-11-5-19(17,18)6-12(11)16/h2-4,7,11-12,15-16H,5-6H2,1H3. The van der Waals surface area contributed by atoms with Crippen molar-refractivity contribution in [2.45, 2.75) is 25.1 Å². The van der Waals surface area contributed by atoms with Crippen molar-refractivity contribution in [3.8, 4) is 0 Å². The summed E-state index contributed by atoms with van der Waals surface area (Å²) in [6.07, 6.45) is -0.876. The van der Waals surface area contributed by atoms with E-state index in [2.05, 4.69) is 5.32 Å². The molecular formula is C12H15Cl2NO3S. The van der Waals surface area contributed by atoms with Crippen molar-refractivity contribution >= 4 is 33.0 Å². The van der Waals surface area contributed by atoms with Crippen LogP contribution in [-0.4, -0.2) is 37.2 Å². The van der Waals surface area contributed by atoms with E-state index in [-0.39, 0.29) is 17.5 Å². The molecule has 3 atom stereocenters. The first-order valence-corrected chi connectivity index (χ1v) is 8.46. The summed E-state index contributed by atoms with van der Waals surface area (Å²) >= 11 is 11.9. The van der Waals surface area contributed by atoms with Gasteiger partial charge >= 0.3 is 0 Å². The molecule has 3 unspecified atom stereocenters. The van der Waals surface area contributed by atoms with Gasteiger partial charge in [-0.2, -0.15) is 0 Å². The van der Waals surface area contributed by atoms with Crippen LogP contribution in [0.15, 0.2) is 18.2 Å². The van der Waals surface area contributed by atoms with Gasteiger partial charge in [-0.05, 0) is 24.6 Å². The summed E-state index contributed by atoms with van der Waals surface area (Å²) in [5.41, 5.74) is 0.822. The number of benzene rings is 1. The summed E-state index contributed by atoms with van der Waals surface area (Å²) in [4.78, 5) is 0. The minimum absolute atomic E-state index is 0.0519. The van der Waals surface area contributed by atoms with Gasteiger partial charge < -0.3 is 10.4 Å². The second-order valence-corrected chi connectivity index (χ2v) is 7.80. The molecule has 0 saturated carbocycles. The normalized spacial score (nSPS) is 27.4. The van der Waals surface area contributed by atoms with Crippen LogP contribution in [0.2, 0.25) is 10.0 Å². The molecule has 1 heterocycles. The number of halogens is 2. The van der Waals surface area contributed by atoms with E-state index >= 15 is 0 Å². The highest BCUT2D eigenvalue weighted by molar-refractivity contribution is 7.91. The average Bonchev–Trinajstić information content (AvgIpc) is 2.51. The van der Waals surface area contributed by atoms with E-state index in [1.807, 2.05) is 6.92 Å². The Bertz CT molecular complexity index is 576. The number of sulfone groups is 1. The number of aliphatic hydroxyl groups is 1. The summed E-state index contributed by atoms with van der Waals surface area (Å²) in [5, 5.41) is 13.9. The maximum Gasteiger partial charge on any atom is 0.154 e. The predicted octanol–water partition coefficient (Wildman–Crippen LogP) is 1.80. The van der Waals surface area contributed by atoms with Gasteiger partial charge in [0.2, 0.25) is 0 Å². The van der Waals surface area contributed by atoms with Crippen LogP contribution in [0.5, 0.6) is 0 Å². The molecule has 1 aromatic carbocycles. The van der Waals surface area contributed by atoms with E-state index in [0.717, 1.165) is 5.56 Å². The summed E-state index contributed by atoms with van der Waals surface area (Å²) in [5.74, 6) is -0.241. The second kappa shape index (κ2) is 5.58. The van der Waals surface area contributed by atoms with Crippen LogP contribution in [0.4, 0.5) is 0 Å². The van der Waals surface area contributed by atoms with Crippen LogP contribution < -0.4 is 5.32 Å². The Morgan fingerprint density at radius 3 is 2.58 bits per heavy atom. The Balaban J connectivity index is 2.11. The predicted molar refractivity (Wildman–Crippen MR) is 76.5 cm³/mol. The zero-order chi connectivity index (χ0) is 14.2. The van der Waals surface area contributed by atoms with Gasteiger partial charge in [-0.3, -0.25) is 0 Å². The van der Waals surface area contributed by atoms with Crippen molar-refractivity contribution in [1.29, 1.82) is 0 Å². The van der Waals surface area contributed by atoms with Crippen LogP contribution in [0.1, 0.15) is 18.5 Å². The monoisotopic (exact) mass is 323 g/mol. The lowest BCUT2D eigenvalue weighted by Gasteiger charge is -2.22. The Labute approximate surface area is 122 Å². The largest absolute Gasteiger partial charge is 0.390 e. The number of aliphatic hydroxyl groups excluding tert-OH is 1.